The number of carbonyl (C=O) groups excluding carboxylic acids is 1. The summed E-state index contributed by atoms with van der Waals surface area (Å²) in [5.74, 6) is 0. The molecule has 1 aliphatic rings. The van der Waals surface area contributed by atoms with Crippen LogP contribution < -0.4 is 5.32 Å². The standard InChI is InChI=1S/C11H11F3N2O2/c12-11(13,14)10-2-1-7(3-16-10)9-4-15-8(5-17)6-18-9/h1-3,5,8-9,15H,4,6H2. The molecule has 1 fully saturated rings. The molecule has 7 heteroatoms. The van der Waals surface area contributed by atoms with Crippen molar-refractivity contribution in [1.82, 2.24) is 10.3 Å². The largest absolute Gasteiger partial charge is 0.433 e. The lowest BCUT2D eigenvalue weighted by atomic mass is 10.1. The highest BCUT2D eigenvalue weighted by molar-refractivity contribution is 5.57. The smallest absolute Gasteiger partial charge is 0.370 e. The monoisotopic (exact) mass is 260 g/mol. The van der Waals surface area contributed by atoms with Crippen molar-refractivity contribution in [3.63, 3.8) is 0 Å². The molecule has 0 bridgehead atoms. The minimum Gasteiger partial charge on any atom is -0.370 e. The fraction of sp³-hybridized carbons (Fsp3) is 0.455. The molecule has 98 valence electrons. The van der Waals surface area contributed by atoms with E-state index in [2.05, 4.69) is 10.3 Å². The number of halogens is 3. The highest BCUT2D eigenvalue weighted by Crippen LogP contribution is 2.28. The number of morpholine rings is 1. The van der Waals surface area contributed by atoms with E-state index in [0.29, 0.717) is 12.1 Å². The first kappa shape index (κ1) is 13.0. The maximum atomic E-state index is 12.3. The van der Waals surface area contributed by atoms with Gasteiger partial charge in [-0.2, -0.15) is 13.2 Å². The Kier molecular flexibility index (Phi) is 3.63. The van der Waals surface area contributed by atoms with Crippen molar-refractivity contribution >= 4 is 6.29 Å². The normalized spacial score (nSPS) is 24.8. The van der Waals surface area contributed by atoms with E-state index in [1.807, 2.05) is 0 Å². The van der Waals surface area contributed by atoms with Crippen LogP contribution in [0.5, 0.6) is 0 Å². The van der Waals surface area contributed by atoms with Crippen LogP contribution in [0.3, 0.4) is 0 Å². The highest BCUT2D eigenvalue weighted by atomic mass is 19.4. The molecule has 2 atom stereocenters. The number of carbonyl (C=O) groups is 1. The number of hydrogen-bond donors (Lipinski definition) is 1. The summed E-state index contributed by atoms with van der Waals surface area (Å²) in [5, 5.41) is 2.92. The Labute approximate surface area is 101 Å². The molecule has 0 amide bonds. The van der Waals surface area contributed by atoms with E-state index in [1.165, 1.54) is 6.07 Å². The molecule has 2 unspecified atom stereocenters. The van der Waals surface area contributed by atoms with Gasteiger partial charge in [-0.15, -0.1) is 0 Å². The maximum Gasteiger partial charge on any atom is 0.433 e. The molecule has 1 saturated heterocycles. The number of nitrogens with one attached hydrogen (secondary N) is 1. The molecule has 0 aromatic carbocycles. The lowest BCUT2D eigenvalue weighted by Gasteiger charge is -2.27. The second-order valence-corrected chi connectivity index (χ2v) is 3.95. The van der Waals surface area contributed by atoms with Crippen molar-refractivity contribution in [2.75, 3.05) is 13.2 Å². The summed E-state index contributed by atoms with van der Waals surface area (Å²) in [4.78, 5) is 13.8. The summed E-state index contributed by atoms with van der Waals surface area (Å²) in [6.45, 7) is 0.575. The van der Waals surface area contributed by atoms with Gasteiger partial charge in [0.05, 0.1) is 18.8 Å². The fourth-order valence-corrected chi connectivity index (χ4v) is 1.66. The predicted octanol–water partition coefficient (Wildman–Crippen LogP) is 1.33. The molecule has 0 radical (unpaired) electrons. The van der Waals surface area contributed by atoms with Crippen LogP contribution in [-0.4, -0.2) is 30.5 Å². The average molecular weight is 260 g/mol. The van der Waals surface area contributed by atoms with Gasteiger partial charge in [0.1, 0.15) is 12.0 Å². The molecule has 1 aromatic rings. The van der Waals surface area contributed by atoms with Gasteiger partial charge in [-0.05, 0) is 6.07 Å². The molecule has 0 aliphatic carbocycles. The number of aromatic nitrogens is 1. The number of nitrogens with zero attached hydrogens (tertiary/aromatic N) is 1. The topological polar surface area (TPSA) is 51.2 Å². The molecular weight excluding hydrogens is 249 g/mol. The van der Waals surface area contributed by atoms with Gasteiger partial charge >= 0.3 is 6.18 Å². The molecule has 1 aromatic heterocycles. The third-order valence-electron chi connectivity index (χ3n) is 2.66. The Morgan fingerprint density at radius 1 is 1.44 bits per heavy atom. The van der Waals surface area contributed by atoms with Crippen LogP contribution in [0.1, 0.15) is 17.4 Å². The van der Waals surface area contributed by atoms with Crippen molar-refractivity contribution in [3.05, 3.63) is 29.6 Å². The zero-order valence-corrected chi connectivity index (χ0v) is 9.28. The van der Waals surface area contributed by atoms with Crippen LogP contribution in [0.15, 0.2) is 18.3 Å². The second kappa shape index (κ2) is 5.03. The van der Waals surface area contributed by atoms with E-state index in [9.17, 15) is 18.0 Å². The summed E-state index contributed by atoms with van der Waals surface area (Å²) < 4.78 is 42.3. The van der Waals surface area contributed by atoms with E-state index in [4.69, 9.17) is 4.74 Å². The number of rotatable bonds is 2. The van der Waals surface area contributed by atoms with Crippen LogP contribution in [0, 0.1) is 0 Å². The van der Waals surface area contributed by atoms with Crippen molar-refractivity contribution in [1.29, 1.82) is 0 Å². The quantitative estimate of drug-likeness (QED) is 0.815. The van der Waals surface area contributed by atoms with E-state index in [-0.39, 0.29) is 18.8 Å². The zero-order chi connectivity index (χ0) is 13.2. The zero-order valence-electron chi connectivity index (χ0n) is 9.28. The van der Waals surface area contributed by atoms with Crippen molar-refractivity contribution in [2.45, 2.75) is 18.3 Å². The number of hydrogen-bond acceptors (Lipinski definition) is 4. The molecule has 18 heavy (non-hydrogen) atoms. The predicted molar refractivity (Wildman–Crippen MR) is 55.8 cm³/mol. The van der Waals surface area contributed by atoms with E-state index < -0.39 is 11.9 Å². The Balaban J connectivity index is 2.05. The molecule has 1 N–H and O–H groups in total. The molecular formula is C11H11F3N2O2. The van der Waals surface area contributed by atoms with Crippen molar-refractivity contribution < 1.29 is 22.7 Å². The Morgan fingerprint density at radius 2 is 2.22 bits per heavy atom. The minimum absolute atomic E-state index is 0.204. The molecule has 0 saturated carbocycles. The fourth-order valence-electron chi connectivity index (χ4n) is 1.66. The van der Waals surface area contributed by atoms with E-state index >= 15 is 0 Å². The average Bonchev–Trinajstić information content (AvgIpc) is 2.38. The van der Waals surface area contributed by atoms with Crippen molar-refractivity contribution in [2.24, 2.45) is 0 Å². The van der Waals surface area contributed by atoms with Gasteiger partial charge < -0.3 is 14.8 Å². The summed E-state index contributed by atoms with van der Waals surface area (Å²) in [7, 11) is 0. The van der Waals surface area contributed by atoms with Gasteiger partial charge in [0.15, 0.2) is 0 Å². The van der Waals surface area contributed by atoms with E-state index in [0.717, 1.165) is 18.5 Å². The van der Waals surface area contributed by atoms with Gasteiger partial charge in [-0.3, -0.25) is 4.98 Å². The van der Waals surface area contributed by atoms with Gasteiger partial charge in [0.25, 0.3) is 0 Å². The molecule has 4 nitrogen and oxygen atoms in total. The molecule has 2 rings (SSSR count). The first-order chi connectivity index (χ1) is 8.50. The van der Waals surface area contributed by atoms with Crippen LogP contribution in [0.2, 0.25) is 0 Å². The van der Waals surface area contributed by atoms with Gasteiger partial charge in [-0.1, -0.05) is 6.07 Å². The highest BCUT2D eigenvalue weighted by Gasteiger charge is 2.32. The Morgan fingerprint density at radius 3 is 2.67 bits per heavy atom. The minimum atomic E-state index is -4.44. The van der Waals surface area contributed by atoms with E-state index in [1.54, 1.807) is 0 Å². The number of aldehydes is 1. The molecule has 0 spiro atoms. The van der Waals surface area contributed by atoms with Crippen LogP contribution in [-0.2, 0) is 15.7 Å². The summed E-state index contributed by atoms with van der Waals surface area (Å²) in [6.07, 6.45) is -2.93. The molecule has 1 aliphatic heterocycles. The summed E-state index contributed by atoms with van der Waals surface area (Å²) in [6, 6.07) is 1.90. The van der Waals surface area contributed by atoms with Gasteiger partial charge in [0.2, 0.25) is 0 Å². The first-order valence-corrected chi connectivity index (χ1v) is 5.34. The Bertz CT molecular complexity index is 411. The number of alkyl halides is 3. The lowest BCUT2D eigenvalue weighted by molar-refractivity contribution is -0.141. The molecule has 2 heterocycles. The third-order valence-corrected chi connectivity index (χ3v) is 2.66. The second-order valence-electron chi connectivity index (χ2n) is 3.95. The van der Waals surface area contributed by atoms with Crippen LogP contribution >= 0.6 is 0 Å². The maximum absolute atomic E-state index is 12.3. The van der Waals surface area contributed by atoms with Crippen molar-refractivity contribution in [3.8, 4) is 0 Å². The summed E-state index contributed by atoms with van der Waals surface area (Å²) >= 11 is 0. The summed E-state index contributed by atoms with van der Waals surface area (Å²) in [5.41, 5.74) is -0.374. The number of ether oxygens (including phenoxy) is 1. The SMILES string of the molecule is O=CC1COC(c2ccc(C(F)(F)F)nc2)CN1. The lowest BCUT2D eigenvalue weighted by Crippen LogP contribution is -2.43. The number of pyridine rings is 1. The van der Waals surface area contributed by atoms with Crippen LogP contribution in [0.25, 0.3) is 0 Å². The van der Waals surface area contributed by atoms with Crippen LogP contribution in [0.4, 0.5) is 13.2 Å². The third kappa shape index (κ3) is 2.85. The first-order valence-electron chi connectivity index (χ1n) is 5.34. The van der Waals surface area contributed by atoms with Gasteiger partial charge in [0, 0.05) is 18.3 Å². The van der Waals surface area contributed by atoms with Gasteiger partial charge in [-0.25, -0.2) is 0 Å². The Hall–Kier alpha value is -1.47.